The minimum atomic E-state index is 0.0482. The molecule has 2 aromatic rings. The van der Waals surface area contributed by atoms with E-state index in [1.807, 2.05) is 24.3 Å². The average Bonchev–Trinajstić information content (AvgIpc) is 2.62. The topological polar surface area (TPSA) is 17.1 Å². The fraction of sp³-hybridized carbons (Fsp3) is 0. The lowest BCUT2D eigenvalue weighted by atomic mass is 10.1. The van der Waals surface area contributed by atoms with Gasteiger partial charge in [0.25, 0.3) is 0 Å². The van der Waals surface area contributed by atoms with Crippen molar-refractivity contribution in [3.8, 4) is 0 Å². The second-order valence-corrected chi connectivity index (χ2v) is 8.49. The first-order chi connectivity index (χ1) is 7.99. The highest BCUT2D eigenvalue weighted by Gasteiger charge is 2.16. The molecule has 0 amide bonds. The maximum Gasteiger partial charge on any atom is 0.204 e. The van der Waals surface area contributed by atoms with Gasteiger partial charge >= 0.3 is 0 Å². The highest BCUT2D eigenvalue weighted by molar-refractivity contribution is 14.1. The molecule has 2 rings (SSSR count). The second kappa shape index (κ2) is 5.81. The van der Waals surface area contributed by atoms with Crippen molar-refractivity contribution in [1.82, 2.24) is 0 Å². The maximum absolute atomic E-state index is 12.3. The van der Waals surface area contributed by atoms with E-state index in [1.165, 1.54) is 11.3 Å². The molecule has 0 N–H and O–H groups in total. The van der Waals surface area contributed by atoms with Gasteiger partial charge in [0.15, 0.2) is 0 Å². The first-order valence-corrected chi connectivity index (χ1v) is 8.71. The summed E-state index contributed by atoms with van der Waals surface area (Å²) in [7, 11) is 0. The number of thiophene rings is 1. The van der Waals surface area contributed by atoms with Crippen molar-refractivity contribution >= 4 is 87.5 Å². The van der Waals surface area contributed by atoms with Gasteiger partial charge in [0.05, 0.1) is 8.66 Å². The van der Waals surface area contributed by atoms with Crippen molar-refractivity contribution in [1.29, 1.82) is 0 Å². The lowest BCUT2D eigenvalue weighted by Crippen LogP contribution is -2.01. The Morgan fingerprint density at radius 1 is 1.18 bits per heavy atom. The van der Waals surface area contributed by atoms with Gasteiger partial charge in [-0.15, -0.1) is 11.3 Å². The quantitative estimate of drug-likeness (QED) is 0.338. The van der Waals surface area contributed by atoms with E-state index >= 15 is 0 Å². The number of hydrogen-bond acceptors (Lipinski definition) is 2. The molecule has 0 aliphatic rings. The number of halogens is 4. The zero-order chi connectivity index (χ0) is 12.6. The van der Waals surface area contributed by atoms with Crippen LogP contribution in [0.15, 0.2) is 37.0 Å². The van der Waals surface area contributed by atoms with E-state index < -0.39 is 0 Å². The molecule has 1 heterocycles. The molecule has 88 valence electrons. The van der Waals surface area contributed by atoms with Gasteiger partial charge in [0.1, 0.15) is 0 Å². The van der Waals surface area contributed by atoms with Crippen molar-refractivity contribution in [2.24, 2.45) is 0 Å². The summed E-state index contributed by atoms with van der Waals surface area (Å²) >= 11 is 13.8. The van der Waals surface area contributed by atoms with Crippen LogP contribution in [0.25, 0.3) is 0 Å². The van der Waals surface area contributed by atoms with Crippen LogP contribution in [-0.4, -0.2) is 5.78 Å². The van der Waals surface area contributed by atoms with Gasteiger partial charge < -0.3 is 0 Å². The molecular formula is C11H4Br3IOS. The summed E-state index contributed by atoms with van der Waals surface area (Å²) in [6.07, 6.45) is 0. The molecule has 0 aliphatic heterocycles. The van der Waals surface area contributed by atoms with E-state index in [1.54, 1.807) is 0 Å². The predicted octanol–water partition coefficient (Wildman–Crippen LogP) is 5.87. The minimum Gasteiger partial charge on any atom is -0.288 e. The largest absolute Gasteiger partial charge is 0.288 e. The van der Waals surface area contributed by atoms with Crippen LogP contribution < -0.4 is 0 Å². The summed E-state index contributed by atoms with van der Waals surface area (Å²) in [6.45, 7) is 0. The minimum absolute atomic E-state index is 0.0482. The number of carbonyl (C=O) groups is 1. The zero-order valence-electron chi connectivity index (χ0n) is 8.14. The van der Waals surface area contributed by atoms with Gasteiger partial charge in [0, 0.05) is 18.1 Å². The monoisotopic (exact) mass is 548 g/mol. The van der Waals surface area contributed by atoms with Gasteiger partial charge in [-0.3, -0.25) is 4.79 Å². The molecule has 1 aromatic heterocycles. The summed E-state index contributed by atoms with van der Waals surface area (Å²) in [4.78, 5) is 13.1. The fourth-order valence-corrected chi connectivity index (χ4v) is 4.19. The molecule has 0 aliphatic carbocycles. The van der Waals surface area contributed by atoms with Crippen molar-refractivity contribution in [3.63, 3.8) is 0 Å². The van der Waals surface area contributed by atoms with Gasteiger partial charge in [-0.25, -0.2) is 0 Å². The number of rotatable bonds is 2. The van der Waals surface area contributed by atoms with E-state index in [2.05, 4.69) is 70.4 Å². The third-order valence-electron chi connectivity index (χ3n) is 2.04. The molecule has 0 fully saturated rings. The van der Waals surface area contributed by atoms with E-state index in [9.17, 15) is 4.79 Å². The van der Waals surface area contributed by atoms with Crippen LogP contribution in [0.3, 0.4) is 0 Å². The van der Waals surface area contributed by atoms with E-state index in [0.717, 1.165) is 26.7 Å². The molecule has 17 heavy (non-hydrogen) atoms. The average molecular weight is 551 g/mol. The Bertz CT molecular complexity index is 575. The van der Waals surface area contributed by atoms with Crippen molar-refractivity contribution in [2.45, 2.75) is 0 Å². The van der Waals surface area contributed by atoms with E-state index in [-0.39, 0.29) is 5.78 Å². The molecule has 0 saturated carbocycles. The van der Waals surface area contributed by atoms with Crippen LogP contribution in [0.2, 0.25) is 0 Å². The molecule has 6 heteroatoms. The van der Waals surface area contributed by atoms with Gasteiger partial charge in [-0.2, -0.15) is 0 Å². The lowest BCUT2D eigenvalue weighted by molar-refractivity contribution is 0.104. The van der Waals surface area contributed by atoms with Gasteiger partial charge in [0.2, 0.25) is 5.78 Å². The van der Waals surface area contributed by atoms with Crippen LogP contribution in [0.5, 0.6) is 0 Å². The number of benzene rings is 1. The molecule has 0 bridgehead atoms. The molecule has 0 unspecified atom stereocenters. The van der Waals surface area contributed by atoms with Crippen molar-refractivity contribution in [3.05, 3.63) is 51.0 Å². The molecule has 0 spiro atoms. The maximum atomic E-state index is 12.3. The summed E-state index contributed by atoms with van der Waals surface area (Å²) in [6, 6.07) is 7.55. The summed E-state index contributed by atoms with van der Waals surface area (Å²) in [5.74, 6) is 0.0482. The summed E-state index contributed by atoms with van der Waals surface area (Å²) in [5.41, 5.74) is 0.723. The van der Waals surface area contributed by atoms with Crippen LogP contribution >= 0.6 is 81.7 Å². The smallest absolute Gasteiger partial charge is 0.204 e. The van der Waals surface area contributed by atoms with E-state index in [0.29, 0.717) is 0 Å². The normalized spacial score (nSPS) is 10.6. The van der Waals surface area contributed by atoms with Crippen LogP contribution in [-0.2, 0) is 0 Å². The molecule has 1 nitrogen and oxygen atoms in total. The Kier molecular flexibility index (Phi) is 4.85. The Morgan fingerprint density at radius 3 is 2.47 bits per heavy atom. The molecular weight excluding hydrogens is 547 g/mol. The highest BCUT2D eigenvalue weighted by Crippen LogP contribution is 2.34. The van der Waals surface area contributed by atoms with Crippen molar-refractivity contribution in [2.75, 3.05) is 0 Å². The first kappa shape index (κ1) is 14.2. The third kappa shape index (κ3) is 3.20. The first-order valence-electron chi connectivity index (χ1n) is 4.43. The van der Waals surface area contributed by atoms with Gasteiger partial charge in [-0.05, 0) is 78.7 Å². The van der Waals surface area contributed by atoms with Gasteiger partial charge in [-0.1, -0.05) is 15.9 Å². The summed E-state index contributed by atoms with van der Waals surface area (Å²) in [5, 5.41) is 0. The predicted molar refractivity (Wildman–Crippen MR) is 90.0 cm³/mol. The standard InChI is InChI=1S/C11H4Br3IOS/c12-5-1-2-8(15)6(3-5)10(16)9-4-7(13)11(14)17-9/h1-4H. The number of carbonyl (C=O) groups excluding carboxylic acids is 1. The molecule has 0 saturated heterocycles. The lowest BCUT2D eigenvalue weighted by Gasteiger charge is -2.02. The third-order valence-corrected chi connectivity index (χ3v) is 6.73. The van der Waals surface area contributed by atoms with Crippen LogP contribution in [0, 0.1) is 3.57 Å². The zero-order valence-corrected chi connectivity index (χ0v) is 15.9. The van der Waals surface area contributed by atoms with Crippen molar-refractivity contribution < 1.29 is 4.79 Å². The number of hydrogen-bond donors (Lipinski definition) is 0. The fourth-order valence-electron chi connectivity index (χ4n) is 1.26. The van der Waals surface area contributed by atoms with Crippen LogP contribution in [0.1, 0.15) is 15.2 Å². The Labute approximate surface area is 142 Å². The molecule has 0 radical (unpaired) electrons. The second-order valence-electron chi connectivity index (χ2n) is 3.19. The van der Waals surface area contributed by atoms with E-state index in [4.69, 9.17) is 0 Å². The Hall–Kier alpha value is 0.760. The highest BCUT2D eigenvalue weighted by atomic mass is 127. The summed E-state index contributed by atoms with van der Waals surface area (Å²) < 4.78 is 3.72. The SMILES string of the molecule is O=C(c1cc(Br)c(Br)s1)c1cc(Br)ccc1I. The Balaban J connectivity index is 2.47. The number of ketones is 1. The molecule has 1 aromatic carbocycles. The Morgan fingerprint density at radius 2 is 1.88 bits per heavy atom. The molecule has 0 atom stereocenters. The van der Waals surface area contributed by atoms with Crippen LogP contribution in [0.4, 0.5) is 0 Å².